The van der Waals surface area contributed by atoms with Gasteiger partial charge < -0.3 is 15.4 Å². The van der Waals surface area contributed by atoms with Gasteiger partial charge in [0.15, 0.2) is 0 Å². The van der Waals surface area contributed by atoms with Crippen LogP contribution < -0.4 is 10.6 Å². The summed E-state index contributed by atoms with van der Waals surface area (Å²) in [5.41, 5.74) is 0.0945. The molecule has 2 atom stereocenters. The summed E-state index contributed by atoms with van der Waals surface area (Å²) in [6, 6.07) is 0.343. The maximum Gasteiger partial charge on any atom is 0.221 e. The molecule has 2 N–H and O–H groups in total. The van der Waals surface area contributed by atoms with Crippen molar-refractivity contribution in [3.05, 3.63) is 0 Å². The molecule has 0 spiro atoms. The number of carbonyl (C=O) groups is 1. The van der Waals surface area contributed by atoms with Crippen LogP contribution in [-0.4, -0.2) is 38.8 Å². The summed E-state index contributed by atoms with van der Waals surface area (Å²) in [5.74, 6) is 0.762. The van der Waals surface area contributed by atoms with Crippen molar-refractivity contribution in [2.45, 2.75) is 52.5 Å². The zero-order valence-electron chi connectivity index (χ0n) is 12.9. The Kier molecular flexibility index (Phi) is 6.80. The average molecular weight is 270 g/mol. The van der Waals surface area contributed by atoms with Crippen molar-refractivity contribution >= 4 is 5.91 Å². The van der Waals surface area contributed by atoms with Crippen molar-refractivity contribution in [1.82, 2.24) is 10.6 Å². The van der Waals surface area contributed by atoms with E-state index in [-0.39, 0.29) is 11.3 Å². The van der Waals surface area contributed by atoms with Crippen molar-refractivity contribution in [2.75, 3.05) is 26.8 Å². The molecule has 0 bridgehead atoms. The Hall–Kier alpha value is -0.610. The third kappa shape index (κ3) is 6.39. The van der Waals surface area contributed by atoms with Crippen LogP contribution in [0.25, 0.3) is 0 Å². The Bertz CT molecular complexity index is 279. The molecular formula is C15H30N2O2. The van der Waals surface area contributed by atoms with E-state index in [4.69, 9.17) is 4.74 Å². The van der Waals surface area contributed by atoms with Crippen LogP contribution in [0.15, 0.2) is 0 Å². The lowest BCUT2D eigenvalue weighted by molar-refractivity contribution is -0.122. The third-order valence-electron chi connectivity index (χ3n) is 4.08. The smallest absolute Gasteiger partial charge is 0.221 e. The van der Waals surface area contributed by atoms with Gasteiger partial charge in [0, 0.05) is 32.7 Å². The second kappa shape index (κ2) is 7.85. The molecular weight excluding hydrogens is 240 g/mol. The first-order valence-electron chi connectivity index (χ1n) is 7.43. The highest BCUT2D eigenvalue weighted by Crippen LogP contribution is 2.20. The predicted octanol–water partition coefficient (Wildman–Crippen LogP) is 1.94. The first-order chi connectivity index (χ1) is 8.94. The molecule has 0 aromatic carbocycles. The Labute approximate surface area is 117 Å². The monoisotopic (exact) mass is 270 g/mol. The van der Waals surface area contributed by atoms with Crippen molar-refractivity contribution in [2.24, 2.45) is 11.3 Å². The molecule has 1 heterocycles. The average Bonchev–Trinajstić information content (AvgIpc) is 2.37. The highest BCUT2D eigenvalue weighted by molar-refractivity contribution is 5.76. The molecule has 19 heavy (non-hydrogen) atoms. The first kappa shape index (κ1) is 16.4. The molecule has 112 valence electrons. The minimum Gasteiger partial charge on any atom is -0.385 e. The van der Waals surface area contributed by atoms with Crippen molar-refractivity contribution < 1.29 is 9.53 Å². The molecule has 1 fully saturated rings. The van der Waals surface area contributed by atoms with Crippen molar-refractivity contribution in [3.8, 4) is 0 Å². The molecule has 0 aromatic rings. The molecule has 1 aliphatic rings. The lowest BCUT2D eigenvalue weighted by Gasteiger charge is -2.30. The van der Waals surface area contributed by atoms with Gasteiger partial charge in [-0.25, -0.2) is 0 Å². The van der Waals surface area contributed by atoms with Gasteiger partial charge in [0.2, 0.25) is 5.91 Å². The lowest BCUT2D eigenvalue weighted by Crippen LogP contribution is -2.44. The molecule has 0 aliphatic carbocycles. The standard InChI is InChI=1S/C15H30N2O2/c1-12-6-5-8-16-13(12)10-14(18)17-11-15(2,3)7-9-19-4/h12-13,16H,5-11H2,1-4H3,(H,17,18). The van der Waals surface area contributed by atoms with Gasteiger partial charge >= 0.3 is 0 Å². The van der Waals surface area contributed by atoms with Crippen LogP contribution in [0.3, 0.4) is 0 Å². The number of amides is 1. The fourth-order valence-corrected chi connectivity index (χ4v) is 2.46. The highest BCUT2D eigenvalue weighted by atomic mass is 16.5. The third-order valence-corrected chi connectivity index (χ3v) is 4.08. The first-order valence-corrected chi connectivity index (χ1v) is 7.43. The van der Waals surface area contributed by atoms with E-state index in [1.165, 1.54) is 12.8 Å². The summed E-state index contributed by atoms with van der Waals surface area (Å²) < 4.78 is 5.10. The Balaban J connectivity index is 2.26. The summed E-state index contributed by atoms with van der Waals surface area (Å²) in [5, 5.41) is 6.52. The lowest BCUT2D eigenvalue weighted by atomic mass is 9.88. The number of ether oxygens (including phenoxy) is 1. The molecule has 0 radical (unpaired) electrons. The number of carbonyl (C=O) groups excluding carboxylic acids is 1. The molecule has 0 saturated carbocycles. The van der Waals surface area contributed by atoms with E-state index >= 15 is 0 Å². The van der Waals surface area contributed by atoms with Crippen LogP contribution in [0.4, 0.5) is 0 Å². The van der Waals surface area contributed by atoms with Crippen molar-refractivity contribution in [3.63, 3.8) is 0 Å². The molecule has 4 heteroatoms. The summed E-state index contributed by atoms with van der Waals surface area (Å²) in [6.07, 6.45) is 4.01. The van der Waals surface area contributed by atoms with Crippen LogP contribution in [0.2, 0.25) is 0 Å². The molecule has 4 nitrogen and oxygen atoms in total. The maximum atomic E-state index is 12.0. The second-order valence-electron chi connectivity index (χ2n) is 6.57. The number of piperidine rings is 1. The highest BCUT2D eigenvalue weighted by Gasteiger charge is 2.24. The molecule has 0 aromatic heterocycles. The number of nitrogens with one attached hydrogen (secondary N) is 2. The molecule has 1 rings (SSSR count). The van der Waals surface area contributed by atoms with E-state index in [0.717, 1.165) is 26.1 Å². The Morgan fingerprint density at radius 1 is 1.47 bits per heavy atom. The van der Waals surface area contributed by atoms with Crippen LogP contribution in [0, 0.1) is 11.3 Å². The van der Waals surface area contributed by atoms with Gasteiger partial charge in [0.05, 0.1) is 0 Å². The van der Waals surface area contributed by atoms with Crippen molar-refractivity contribution in [1.29, 1.82) is 0 Å². The maximum absolute atomic E-state index is 12.0. The minimum atomic E-state index is 0.0945. The van der Waals surface area contributed by atoms with Gasteiger partial charge in [-0.05, 0) is 37.1 Å². The van der Waals surface area contributed by atoms with Crippen LogP contribution >= 0.6 is 0 Å². The van der Waals surface area contributed by atoms with Gasteiger partial charge in [-0.3, -0.25) is 4.79 Å². The second-order valence-corrected chi connectivity index (χ2v) is 6.57. The SMILES string of the molecule is COCCC(C)(C)CNC(=O)CC1NCCCC1C. The Morgan fingerprint density at radius 2 is 2.21 bits per heavy atom. The van der Waals surface area contributed by atoms with E-state index in [2.05, 4.69) is 31.4 Å². The summed E-state index contributed by atoms with van der Waals surface area (Å²) >= 11 is 0. The fraction of sp³-hybridized carbons (Fsp3) is 0.933. The van der Waals surface area contributed by atoms with E-state index < -0.39 is 0 Å². The van der Waals surface area contributed by atoms with Crippen LogP contribution in [0.1, 0.15) is 46.5 Å². The van der Waals surface area contributed by atoms with Gasteiger partial charge in [-0.1, -0.05) is 20.8 Å². The summed E-state index contributed by atoms with van der Waals surface area (Å²) in [7, 11) is 1.71. The van der Waals surface area contributed by atoms with Gasteiger partial charge in [0.25, 0.3) is 0 Å². The topological polar surface area (TPSA) is 50.4 Å². The van der Waals surface area contributed by atoms with Crippen LogP contribution in [-0.2, 0) is 9.53 Å². The minimum absolute atomic E-state index is 0.0945. The predicted molar refractivity (Wildman–Crippen MR) is 78.1 cm³/mol. The molecule has 1 amide bonds. The normalized spacial score (nSPS) is 24.2. The molecule has 1 saturated heterocycles. The zero-order valence-corrected chi connectivity index (χ0v) is 12.9. The van der Waals surface area contributed by atoms with Gasteiger partial charge in [0.1, 0.15) is 0 Å². The number of methoxy groups -OCH3 is 1. The van der Waals surface area contributed by atoms with E-state index in [0.29, 0.717) is 18.4 Å². The van der Waals surface area contributed by atoms with E-state index in [1.807, 2.05) is 0 Å². The summed E-state index contributed by atoms with van der Waals surface area (Å²) in [4.78, 5) is 12.0. The Morgan fingerprint density at radius 3 is 2.84 bits per heavy atom. The molecule has 1 aliphatic heterocycles. The largest absolute Gasteiger partial charge is 0.385 e. The zero-order chi connectivity index (χ0) is 14.3. The molecule has 2 unspecified atom stereocenters. The van der Waals surface area contributed by atoms with E-state index in [1.54, 1.807) is 7.11 Å². The number of hydrogen-bond donors (Lipinski definition) is 2. The van der Waals surface area contributed by atoms with Gasteiger partial charge in [-0.15, -0.1) is 0 Å². The fourth-order valence-electron chi connectivity index (χ4n) is 2.46. The number of rotatable bonds is 7. The number of hydrogen-bond acceptors (Lipinski definition) is 3. The van der Waals surface area contributed by atoms with Crippen LogP contribution in [0.5, 0.6) is 0 Å². The van der Waals surface area contributed by atoms with Gasteiger partial charge in [-0.2, -0.15) is 0 Å². The van der Waals surface area contributed by atoms with E-state index in [9.17, 15) is 4.79 Å². The quantitative estimate of drug-likeness (QED) is 0.743. The summed E-state index contributed by atoms with van der Waals surface area (Å²) in [6.45, 7) is 9.05.